The molecule has 8 nitrogen and oxygen atoms in total. The van der Waals surface area contributed by atoms with Gasteiger partial charge < -0.3 is 14.8 Å². The molecule has 0 bridgehead atoms. The zero-order chi connectivity index (χ0) is 20.4. The third-order valence-electron chi connectivity index (χ3n) is 4.68. The molecule has 0 spiro atoms. The first-order valence-corrected chi connectivity index (χ1v) is 10.8. The van der Waals surface area contributed by atoms with Crippen LogP contribution in [0.15, 0.2) is 52.4 Å². The summed E-state index contributed by atoms with van der Waals surface area (Å²) >= 11 is 0. The number of carbonyl (C=O) groups is 1. The van der Waals surface area contributed by atoms with Crippen LogP contribution < -0.4 is 19.5 Å². The highest BCUT2D eigenvalue weighted by atomic mass is 32.2. The number of nitrogens with one attached hydrogen (secondary N) is 2. The number of hydrogen-bond acceptors (Lipinski definition) is 6. The van der Waals surface area contributed by atoms with Crippen LogP contribution in [0, 0.1) is 0 Å². The SMILES string of the molecule is C[C@H](N=C1NS(=O)(=O)c2ccccc21)C(=O)NCCc1ccc2c(c1)OCCO2. The number of sulfonamides is 1. The Morgan fingerprint density at radius 3 is 2.76 bits per heavy atom. The second-order valence-corrected chi connectivity index (χ2v) is 8.43. The summed E-state index contributed by atoms with van der Waals surface area (Å²) in [5.41, 5.74) is 1.49. The van der Waals surface area contributed by atoms with Gasteiger partial charge in [0.1, 0.15) is 25.1 Å². The first-order chi connectivity index (χ1) is 13.9. The van der Waals surface area contributed by atoms with Crippen LogP contribution in [0.4, 0.5) is 0 Å². The summed E-state index contributed by atoms with van der Waals surface area (Å²) in [6.45, 7) is 3.12. The standard InChI is InChI=1S/C20H21N3O5S/c1-13(22-19-15-4-2-3-5-18(15)29(25,26)23-19)20(24)21-9-8-14-6-7-16-17(12-14)28-11-10-27-16/h2-7,12-13H,8-11H2,1H3,(H,21,24)(H,22,23)/t13-/m0/s1. The van der Waals surface area contributed by atoms with E-state index in [2.05, 4.69) is 15.0 Å². The van der Waals surface area contributed by atoms with Crippen LogP contribution in [0.5, 0.6) is 11.5 Å². The van der Waals surface area contributed by atoms with Crippen LogP contribution in [0.1, 0.15) is 18.1 Å². The highest BCUT2D eigenvalue weighted by Crippen LogP contribution is 2.30. The van der Waals surface area contributed by atoms with E-state index in [0.29, 0.717) is 37.5 Å². The molecule has 29 heavy (non-hydrogen) atoms. The molecule has 1 amide bonds. The van der Waals surface area contributed by atoms with Gasteiger partial charge in [0, 0.05) is 12.1 Å². The van der Waals surface area contributed by atoms with Crippen LogP contribution in [0.2, 0.25) is 0 Å². The van der Waals surface area contributed by atoms with Crippen LogP contribution in [-0.2, 0) is 21.2 Å². The fraction of sp³-hybridized carbons (Fsp3) is 0.300. The normalized spacial score (nSPS) is 18.6. The Kier molecular flexibility index (Phi) is 5.14. The van der Waals surface area contributed by atoms with Gasteiger partial charge in [-0.05, 0) is 43.2 Å². The van der Waals surface area contributed by atoms with E-state index < -0.39 is 16.1 Å². The summed E-state index contributed by atoms with van der Waals surface area (Å²) in [4.78, 5) is 16.8. The minimum atomic E-state index is -3.62. The molecule has 0 aromatic heterocycles. The van der Waals surface area contributed by atoms with Crippen molar-refractivity contribution in [1.82, 2.24) is 10.0 Å². The lowest BCUT2D eigenvalue weighted by atomic mass is 10.1. The number of nitrogens with zero attached hydrogens (tertiary/aromatic N) is 1. The van der Waals surface area contributed by atoms with Gasteiger partial charge in [0.25, 0.3) is 10.0 Å². The summed E-state index contributed by atoms with van der Waals surface area (Å²) in [5.74, 6) is 1.36. The molecule has 1 atom stereocenters. The number of hydrogen-bond donors (Lipinski definition) is 2. The van der Waals surface area contributed by atoms with Gasteiger partial charge >= 0.3 is 0 Å². The number of ether oxygens (including phenoxy) is 2. The number of benzene rings is 2. The van der Waals surface area contributed by atoms with Gasteiger partial charge in [-0.2, -0.15) is 0 Å². The molecule has 4 rings (SSSR count). The Morgan fingerprint density at radius 2 is 1.93 bits per heavy atom. The smallest absolute Gasteiger partial charge is 0.263 e. The fourth-order valence-corrected chi connectivity index (χ4v) is 4.44. The Morgan fingerprint density at radius 1 is 1.17 bits per heavy atom. The maximum atomic E-state index is 12.4. The average molecular weight is 415 g/mol. The van der Waals surface area contributed by atoms with Crippen molar-refractivity contribution in [3.8, 4) is 11.5 Å². The molecule has 0 saturated carbocycles. The predicted molar refractivity (Wildman–Crippen MR) is 107 cm³/mol. The van der Waals surface area contributed by atoms with E-state index in [1.54, 1.807) is 25.1 Å². The molecule has 0 radical (unpaired) electrons. The van der Waals surface area contributed by atoms with Gasteiger partial charge in [0.15, 0.2) is 11.5 Å². The van der Waals surface area contributed by atoms with Gasteiger partial charge in [-0.15, -0.1) is 0 Å². The lowest BCUT2D eigenvalue weighted by molar-refractivity contribution is -0.121. The third kappa shape index (κ3) is 4.04. The zero-order valence-electron chi connectivity index (χ0n) is 15.8. The van der Waals surface area contributed by atoms with E-state index in [1.807, 2.05) is 18.2 Å². The van der Waals surface area contributed by atoms with E-state index in [1.165, 1.54) is 6.07 Å². The van der Waals surface area contributed by atoms with Gasteiger partial charge in [-0.3, -0.25) is 14.5 Å². The lowest BCUT2D eigenvalue weighted by Crippen LogP contribution is -2.35. The Bertz CT molecular complexity index is 1080. The second kappa shape index (κ2) is 7.75. The second-order valence-electron chi connectivity index (χ2n) is 6.77. The van der Waals surface area contributed by atoms with Crippen LogP contribution in [0.3, 0.4) is 0 Å². The fourth-order valence-electron chi connectivity index (χ4n) is 3.20. The van der Waals surface area contributed by atoms with Crippen molar-refractivity contribution in [1.29, 1.82) is 0 Å². The van der Waals surface area contributed by atoms with Gasteiger partial charge in [-0.1, -0.05) is 18.2 Å². The molecule has 0 aliphatic carbocycles. The quantitative estimate of drug-likeness (QED) is 0.764. The van der Waals surface area contributed by atoms with Gasteiger partial charge in [0.2, 0.25) is 5.91 Å². The van der Waals surface area contributed by atoms with Crippen LogP contribution in [-0.4, -0.2) is 46.0 Å². The summed E-state index contributed by atoms with van der Waals surface area (Å²) in [6, 6.07) is 11.5. The Labute approximate surface area is 169 Å². The van der Waals surface area contributed by atoms with Crippen molar-refractivity contribution in [2.24, 2.45) is 4.99 Å². The maximum absolute atomic E-state index is 12.4. The zero-order valence-corrected chi connectivity index (χ0v) is 16.7. The summed E-state index contributed by atoms with van der Waals surface area (Å²) in [6.07, 6.45) is 0.626. The maximum Gasteiger partial charge on any atom is 0.263 e. The van der Waals surface area contributed by atoms with Crippen molar-refractivity contribution in [3.05, 3.63) is 53.6 Å². The van der Waals surface area contributed by atoms with Crippen LogP contribution in [0.25, 0.3) is 0 Å². The van der Waals surface area contributed by atoms with E-state index in [-0.39, 0.29) is 16.6 Å². The first-order valence-electron chi connectivity index (χ1n) is 9.30. The van der Waals surface area contributed by atoms with Crippen molar-refractivity contribution < 1.29 is 22.7 Å². The molecule has 2 aromatic rings. The predicted octanol–water partition coefficient (Wildman–Crippen LogP) is 1.24. The topological polar surface area (TPSA) is 106 Å². The lowest BCUT2D eigenvalue weighted by Gasteiger charge is -2.19. The number of aliphatic imine (C=N–C) groups is 1. The molecule has 0 unspecified atom stereocenters. The van der Waals surface area contributed by atoms with Crippen molar-refractivity contribution >= 4 is 21.8 Å². The summed E-state index contributed by atoms with van der Waals surface area (Å²) in [7, 11) is -3.62. The van der Waals surface area contributed by atoms with E-state index >= 15 is 0 Å². The molecule has 2 aliphatic rings. The minimum Gasteiger partial charge on any atom is -0.486 e. The highest BCUT2D eigenvalue weighted by molar-refractivity contribution is 7.90. The molecule has 152 valence electrons. The molecular weight excluding hydrogens is 394 g/mol. The largest absolute Gasteiger partial charge is 0.486 e. The van der Waals surface area contributed by atoms with Crippen LogP contribution >= 0.6 is 0 Å². The number of rotatable bonds is 5. The Hall–Kier alpha value is -3.07. The highest BCUT2D eigenvalue weighted by Gasteiger charge is 2.31. The van der Waals surface area contributed by atoms with Gasteiger partial charge in [0.05, 0.1) is 4.90 Å². The first kappa shape index (κ1) is 19.3. The third-order valence-corrected chi connectivity index (χ3v) is 6.08. The van der Waals surface area contributed by atoms with E-state index in [0.717, 1.165) is 11.3 Å². The van der Waals surface area contributed by atoms with E-state index in [4.69, 9.17) is 9.47 Å². The molecular formula is C20H21N3O5S. The molecule has 0 fully saturated rings. The van der Waals surface area contributed by atoms with E-state index in [9.17, 15) is 13.2 Å². The van der Waals surface area contributed by atoms with Gasteiger partial charge in [-0.25, -0.2) is 8.42 Å². The monoisotopic (exact) mass is 415 g/mol. The number of carbonyl (C=O) groups excluding carboxylic acids is 1. The number of amides is 1. The van der Waals surface area contributed by atoms with Crippen molar-refractivity contribution in [2.75, 3.05) is 19.8 Å². The minimum absolute atomic E-state index is 0.171. The molecule has 9 heteroatoms. The van der Waals surface area contributed by atoms with Crippen molar-refractivity contribution in [3.63, 3.8) is 0 Å². The molecule has 0 saturated heterocycles. The molecule has 2 N–H and O–H groups in total. The molecule has 2 aliphatic heterocycles. The summed E-state index contributed by atoms with van der Waals surface area (Å²) in [5, 5.41) is 2.83. The Balaban J connectivity index is 1.36. The molecule has 2 aromatic carbocycles. The number of amidine groups is 1. The number of fused-ring (bicyclic) bond motifs is 2. The average Bonchev–Trinajstić information content (AvgIpc) is 2.98. The van der Waals surface area contributed by atoms with Crippen molar-refractivity contribution in [2.45, 2.75) is 24.3 Å². The summed E-state index contributed by atoms with van der Waals surface area (Å²) < 4.78 is 37.7. The molecule has 2 heterocycles.